The van der Waals surface area contributed by atoms with Crippen molar-refractivity contribution in [3.05, 3.63) is 0 Å². The van der Waals surface area contributed by atoms with Gasteiger partial charge in [-0.15, -0.1) is 0 Å². The Bertz CT molecular complexity index is 730. The van der Waals surface area contributed by atoms with Crippen molar-refractivity contribution in [2.75, 3.05) is 48.8 Å². The van der Waals surface area contributed by atoms with E-state index in [4.69, 9.17) is 19.3 Å². The highest BCUT2D eigenvalue weighted by atomic mass is 16.5. The van der Waals surface area contributed by atoms with E-state index >= 15 is 0 Å². The third-order valence-corrected chi connectivity index (χ3v) is 5.23. The van der Waals surface area contributed by atoms with Gasteiger partial charge in [0.05, 0.1) is 70.1 Å². The molecule has 0 amide bonds. The first-order valence-corrected chi connectivity index (χ1v) is 14.0. The van der Waals surface area contributed by atoms with Gasteiger partial charge in [0.15, 0.2) is 0 Å². The lowest BCUT2D eigenvalue weighted by Crippen LogP contribution is -2.21. The number of ether oxygens (including phenoxy) is 7. The zero-order chi connectivity index (χ0) is 34.4. The summed E-state index contributed by atoms with van der Waals surface area (Å²) in [4.78, 5) is 53.2. The molecule has 0 fully saturated rings. The minimum absolute atomic E-state index is 0. The number of Topliss-reactive ketones (excluding diaryl/α,β-unsaturated/α-hetero) is 1. The van der Waals surface area contributed by atoms with E-state index in [-0.39, 0.29) is 73.3 Å². The molecule has 5 unspecified atom stereocenters. The average molecular weight is 646 g/mol. The van der Waals surface area contributed by atoms with E-state index in [1.165, 1.54) is 21.3 Å². The molecule has 0 spiro atoms. The van der Waals surface area contributed by atoms with Gasteiger partial charge in [-0.2, -0.15) is 0 Å². The predicted octanol–water partition coefficient (Wildman–Crippen LogP) is 2.56. The number of aliphatic hydroxyl groups is 1. The van der Waals surface area contributed by atoms with Gasteiger partial charge in [-0.05, 0) is 48.0 Å². The summed E-state index contributed by atoms with van der Waals surface area (Å²) in [5, 5.41) is 17.5. The molecule has 0 bridgehead atoms. The molecular formula is C29H57O15-. The molecule has 0 radical (unpaired) electrons. The van der Waals surface area contributed by atoms with Crippen LogP contribution >= 0.6 is 0 Å². The fraction of sp³-hybridized carbons (Fsp3) is 0.828. The Kier molecular flexibility index (Phi) is 40.3. The van der Waals surface area contributed by atoms with Gasteiger partial charge < -0.3 is 48.8 Å². The molecule has 0 aliphatic carbocycles. The highest BCUT2D eigenvalue weighted by Gasteiger charge is 2.15. The Morgan fingerprint density at radius 1 is 0.591 bits per heavy atom. The van der Waals surface area contributed by atoms with Crippen LogP contribution in [0.3, 0.4) is 0 Å². The summed E-state index contributed by atoms with van der Waals surface area (Å²) >= 11 is 0. The number of carbonyl (C=O) groups is 5. The molecule has 0 aliphatic heterocycles. The lowest BCUT2D eigenvalue weighted by atomic mass is 10.1. The first-order valence-electron chi connectivity index (χ1n) is 14.0. The van der Waals surface area contributed by atoms with E-state index in [9.17, 15) is 29.1 Å². The first-order chi connectivity index (χ1) is 20.1. The monoisotopic (exact) mass is 645 g/mol. The van der Waals surface area contributed by atoms with E-state index in [0.29, 0.717) is 26.1 Å². The summed E-state index contributed by atoms with van der Waals surface area (Å²) in [5.41, 5.74) is 0. The number of aliphatic hydroxyl groups excluding tert-OH is 1. The van der Waals surface area contributed by atoms with Crippen LogP contribution < -0.4 is 0 Å². The van der Waals surface area contributed by atoms with Crippen LogP contribution in [0.25, 0.3) is 0 Å². The molecule has 0 aromatic heterocycles. The SMILES string of the molecule is CCOC(=O)CC(=O)CC(C)OC.CCOC(=O)CC(O)CC(C)OC.COC(=O)CC(C)OC.COC(C)CC(=O)O.[OH-]. The van der Waals surface area contributed by atoms with Crippen molar-refractivity contribution in [1.82, 2.24) is 0 Å². The predicted molar refractivity (Wildman–Crippen MR) is 159 cm³/mol. The van der Waals surface area contributed by atoms with E-state index in [0.717, 1.165) is 0 Å². The van der Waals surface area contributed by atoms with Gasteiger partial charge in [0, 0.05) is 34.9 Å². The molecule has 0 aromatic rings. The molecule has 15 nitrogen and oxygen atoms in total. The molecule has 264 valence electrons. The number of esters is 3. The van der Waals surface area contributed by atoms with Crippen LogP contribution in [0, 0.1) is 0 Å². The summed E-state index contributed by atoms with van der Waals surface area (Å²) in [7, 11) is 7.52. The Morgan fingerprint density at radius 2 is 1.00 bits per heavy atom. The van der Waals surface area contributed by atoms with Crippen molar-refractivity contribution in [2.24, 2.45) is 0 Å². The quantitative estimate of drug-likeness (QED) is 0.124. The number of rotatable bonds is 18. The molecule has 0 rings (SSSR count). The highest BCUT2D eigenvalue weighted by Crippen LogP contribution is 2.05. The lowest BCUT2D eigenvalue weighted by Gasteiger charge is -2.14. The second-order valence-corrected chi connectivity index (χ2v) is 9.19. The van der Waals surface area contributed by atoms with Gasteiger partial charge >= 0.3 is 23.9 Å². The fourth-order valence-corrected chi connectivity index (χ4v) is 2.55. The fourth-order valence-electron chi connectivity index (χ4n) is 2.55. The smallest absolute Gasteiger partial charge is 0.313 e. The molecule has 3 N–H and O–H groups in total. The van der Waals surface area contributed by atoms with Crippen LogP contribution in [-0.2, 0) is 57.1 Å². The van der Waals surface area contributed by atoms with Gasteiger partial charge in [-0.3, -0.25) is 24.0 Å². The van der Waals surface area contributed by atoms with Crippen molar-refractivity contribution in [3.8, 4) is 0 Å². The van der Waals surface area contributed by atoms with Crippen LogP contribution in [0.2, 0.25) is 0 Å². The molecule has 0 heterocycles. The number of carboxylic acid groups (broad SMARTS) is 1. The summed E-state index contributed by atoms with van der Waals surface area (Å²) in [5.74, 6) is -2.02. The Labute approximate surface area is 262 Å². The normalized spacial score (nSPS) is 13.1. The van der Waals surface area contributed by atoms with E-state index in [1.54, 1.807) is 41.9 Å². The Hall–Kier alpha value is -2.69. The number of carboxylic acids is 1. The maximum absolute atomic E-state index is 11.1. The Balaban J connectivity index is -0.000000156. The minimum atomic E-state index is -0.820. The third kappa shape index (κ3) is 41.4. The number of aliphatic carboxylic acids is 1. The number of ketones is 1. The second kappa shape index (κ2) is 34.8. The standard InChI is InChI=1S/C9H18O4.C9H16O4.C6H12O3.C5H10O3.H2O/c2*1-4-13-9(11)6-8(10)5-7(2)12-3;1-5(8-2)4-6(7)9-3;1-4(8-2)3-5(6)7;/h7-8,10H,4-6H2,1-3H3;7H,4-6H2,1-3H3;5H,4H2,1-3H3;4H,3H2,1-2H3,(H,6,7);1H2/p-1. The molecule has 0 saturated heterocycles. The second-order valence-electron chi connectivity index (χ2n) is 9.19. The molecule has 44 heavy (non-hydrogen) atoms. The maximum atomic E-state index is 11.1. The van der Waals surface area contributed by atoms with Crippen LogP contribution in [0.4, 0.5) is 0 Å². The van der Waals surface area contributed by atoms with Crippen molar-refractivity contribution in [2.45, 2.75) is 111 Å². The summed E-state index contributed by atoms with van der Waals surface area (Å²) < 4.78 is 33.1. The topological polar surface area (TPSA) is 220 Å². The van der Waals surface area contributed by atoms with Crippen molar-refractivity contribution in [1.29, 1.82) is 0 Å². The van der Waals surface area contributed by atoms with Crippen LogP contribution in [0.15, 0.2) is 0 Å². The lowest BCUT2D eigenvalue weighted by molar-refractivity contribution is -0.147. The number of hydrogen-bond acceptors (Lipinski definition) is 14. The number of methoxy groups -OCH3 is 5. The number of hydrogen-bond donors (Lipinski definition) is 2. The molecule has 0 aliphatic rings. The van der Waals surface area contributed by atoms with Gasteiger partial charge in [0.2, 0.25) is 0 Å². The van der Waals surface area contributed by atoms with Gasteiger partial charge in [0.1, 0.15) is 12.2 Å². The maximum Gasteiger partial charge on any atom is 0.313 e. The minimum Gasteiger partial charge on any atom is -0.870 e. The van der Waals surface area contributed by atoms with E-state index in [2.05, 4.69) is 18.9 Å². The summed E-state index contributed by atoms with van der Waals surface area (Å²) in [6.07, 6.45) is -0.0534. The number of carbonyl (C=O) groups excluding carboxylic acids is 4. The third-order valence-electron chi connectivity index (χ3n) is 5.23. The van der Waals surface area contributed by atoms with Gasteiger partial charge in [0.25, 0.3) is 0 Å². The average Bonchev–Trinajstić information content (AvgIpc) is 2.93. The molecule has 5 atom stereocenters. The largest absolute Gasteiger partial charge is 0.870 e. The summed E-state index contributed by atoms with van der Waals surface area (Å²) in [6.45, 7) is 11.3. The molecule has 0 saturated carbocycles. The van der Waals surface area contributed by atoms with Crippen molar-refractivity contribution in [3.63, 3.8) is 0 Å². The van der Waals surface area contributed by atoms with Crippen molar-refractivity contribution < 1.29 is 72.8 Å². The van der Waals surface area contributed by atoms with Crippen LogP contribution in [0.5, 0.6) is 0 Å². The highest BCUT2D eigenvalue weighted by molar-refractivity contribution is 5.95. The van der Waals surface area contributed by atoms with E-state index < -0.39 is 18.0 Å². The van der Waals surface area contributed by atoms with Gasteiger partial charge in [-0.25, -0.2) is 0 Å². The van der Waals surface area contributed by atoms with Crippen LogP contribution in [0.1, 0.15) is 80.1 Å². The zero-order valence-electron chi connectivity index (χ0n) is 28.3. The molecule has 0 aromatic carbocycles. The van der Waals surface area contributed by atoms with Crippen LogP contribution in [-0.4, -0.2) is 125 Å². The van der Waals surface area contributed by atoms with E-state index in [1.807, 2.05) is 13.8 Å². The van der Waals surface area contributed by atoms with Gasteiger partial charge in [-0.1, -0.05) is 0 Å². The Morgan fingerprint density at radius 3 is 1.36 bits per heavy atom. The zero-order valence-corrected chi connectivity index (χ0v) is 28.3. The molecule has 15 heteroatoms. The molecular weight excluding hydrogens is 588 g/mol. The first kappa shape index (κ1) is 50.9. The summed E-state index contributed by atoms with van der Waals surface area (Å²) in [6, 6.07) is 0. The van der Waals surface area contributed by atoms with Crippen molar-refractivity contribution >= 4 is 29.7 Å².